The fraction of sp³-hybridized carbons (Fsp3) is 0.529. The van der Waals surface area contributed by atoms with E-state index in [2.05, 4.69) is 4.98 Å². The first-order valence-electron chi connectivity index (χ1n) is 7.75. The SMILES string of the molecule is CC(C)(C)OC(=O)N1C2C=C(c3cc(F)ccn3)CC1COC2. The highest BCUT2D eigenvalue weighted by Crippen LogP contribution is 2.32. The number of rotatable bonds is 1. The molecule has 2 aliphatic rings. The highest BCUT2D eigenvalue weighted by atomic mass is 19.1. The minimum absolute atomic E-state index is 0.117. The van der Waals surface area contributed by atoms with Gasteiger partial charge in [-0.05, 0) is 44.9 Å². The Morgan fingerprint density at radius 3 is 2.87 bits per heavy atom. The van der Waals surface area contributed by atoms with Crippen molar-refractivity contribution in [2.24, 2.45) is 0 Å². The van der Waals surface area contributed by atoms with Gasteiger partial charge in [0.1, 0.15) is 11.4 Å². The van der Waals surface area contributed by atoms with Crippen LogP contribution in [0.3, 0.4) is 0 Å². The molecule has 2 unspecified atom stereocenters. The number of morpholine rings is 1. The predicted octanol–water partition coefficient (Wildman–Crippen LogP) is 3.01. The van der Waals surface area contributed by atoms with Gasteiger partial charge in [0.25, 0.3) is 0 Å². The standard InChI is InChI=1S/C17H21FN2O3/c1-17(2,3)23-16(21)20-13-6-11(7-14(20)10-22-9-13)15-8-12(18)4-5-19-15/h4-6,8,13-14H,7,9-10H2,1-3H3. The first kappa shape index (κ1) is 15.9. The predicted molar refractivity (Wildman–Crippen MR) is 83.3 cm³/mol. The maximum Gasteiger partial charge on any atom is 0.411 e. The van der Waals surface area contributed by atoms with Gasteiger partial charge < -0.3 is 9.47 Å². The molecule has 0 radical (unpaired) electrons. The van der Waals surface area contributed by atoms with Gasteiger partial charge in [-0.1, -0.05) is 6.08 Å². The van der Waals surface area contributed by atoms with Crippen LogP contribution in [0.4, 0.5) is 9.18 Å². The summed E-state index contributed by atoms with van der Waals surface area (Å²) in [6, 6.07) is 2.42. The summed E-state index contributed by atoms with van der Waals surface area (Å²) in [5.41, 5.74) is 1.02. The van der Waals surface area contributed by atoms with E-state index in [0.717, 1.165) is 5.57 Å². The second-order valence-corrected chi connectivity index (χ2v) is 6.90. The van der Waals surface area contributed by atoms with Crippen molar-refractivity contribution in [3.8, 4) is 0 Å². The van der Waals surface area contributed by atoms with Crippen LogP contribution in [0.1, 0.15) is 32.9 Å². The molecule has 5 nitrogen and oxygen atoms in total. The molecule has 1 amide bonds. The lowest BCUT2D eigenvalue weighted by atomic mass is 9.92. The quantitative estimate of drug-likeness (QED) is 0.798. The van der Waals surface area contributed by atoms with E-state index in [1.54, 1.807) is 4.90 Å². The van der Waals surface area contributed by atoms with E-state index in [0.29, 0.717) is 25.3 Å². The van der Waals surface area contributed by atoms with E-state index >= 15 is 0 Å². The molecule has 6 heteroatoms. The molecule has 124 valence electrons. The third-order valence-corrected chi connectivity index (χ3v) is 3.85. The molecular weight excluding hydrogens is 299 g/mol. The average molecular weight is 320 g/mol. The lowest BCUT2D eigenvalue weighted by Crippen LogP contribution is -2.57. The van der Waals surface area contributed by atoms with Crippen LogP contribution < -0.4 is 0 Å². The molecule has 0 N–H and O–H groups in total. The molecule has 0 saturated carbocycles. The topological polar surface area (TPSA) is 51.7 Å². The second kappa shape index (κ2) is 5.92. The van der Waals surface area contributed by atoms with Crippen LogP contribution in [-0.4, -0.2) is 46.9 Å². The third kappa shape index (κ3) is 3.52. The molecule has 0 aromatic carbocycles. The Morgan fingerprint density at radius 1 is 1.43 bits per heavy atom. The zero-order chi connectivity index (χ0) is 16.6. The Balaban J connectivity index is 1.86. The van der Waals surface area contributed by atoms with Crippen molar-refractivity contribution >= 4 is 11.7 Å². The summed E-state index contributed by atoms with van der Waals surface area (Å²) in [6.45, 7) is 6.40. The zero-order valence-electron chi connectivity index (χ0n) is 13.6. The highest BCUT2D eigenvalue weighted by Gasteiger charge is 2.40. The van der Waals surface area contributed by atoms with Gasteiger partial charge in [-0.2, -0.15) is 0 Å². The molecule has 3 heterocycles. The summed E-state index contributed by atoms with van der Waals surface area (Å²) >= 11 is 0. The van der Waals surface area contributed by atoms with Crippen LogP contribution in [0.15, 0.2) is 24.4 Å². The van der Waals surface area contributed by atoms with Gasteiger partial charge >= 0.3 is 6.09 Å². The number of carbonyl (C=O) groups is 1. The highest BCUT2D eigenvalue weighted by molar-refractivity contribution is 5.74. The maximum atomic E-state index is 13.4. The fourth-order valence-electron chi connectivity index (χ4n) is 2.97. The van der Waals surface area contributed by atoms with E-state index in [4.69, 9.17) is 9.47 Å². The number of hydrogen-bond donors (Lipinski definition) is 0. The van der Waals surface area contributed by atoms with Crippen LogP contribution in [-0.2, 0) is 9.47 Å². The van der Waals surface area contributed by atoms with E-state index in [-0.39, 0.29) is 24.0 Å². The molecule has 2 atom stereocenters. The van der Waals surface area contributed by atoms with E-state index in [1.807, 2.05) is 26.8 Å². The summed E-state index contributed by atoms with van der Waals surface area (Å²) < 4.78 is 24.5. The number of nitrogens with zero attached hydrogens (tertiary/aromatic N) is 2. The van der Waals surface area contributed by atoms with Gasteiger partial charge in [0.2, 0.25) is 0 Å². The monoisotopic (exact) mass is 320 g/mol. The molecule has 3 rings (SSSR count). The maximum absolute atomic E-state index is 13.4. The van der Waals surface area contributed by atoms with Crippen LogP contribution in [0.2, 0.25) is 0 Å². The number of carbonyl (C=O) groups excluding carboxylic acids is 1. The van der Waals surface area contributed by atoms with Gasteiger partial charge in [-0.3, -0.25) is 9.88 Å². The van der Waals surface area contributed by atoms with Crippen molar-refractivity contribution < 1.29 is 18.7 Å². The largest absolute Gasteiger partial charge is 0.444 e. The van der Waals surface area contributed by atoms with Gasteiger partial charge in [0.05, 0.1) is 31.0 Å². The van der Waals surface area contributed by atoms with Crippen molar-refractivity contribution in [3.05, 3.63) is 35.9 Å². The van der Waals surface area contributed by atoms with Crippen molar-refractivity contribution in [1.82, 2.24) is 9.88 Å². The Bertz CT molecular complexity index is 639. The van der Waals surface area contributed by atoms with E-state index < -0.39 is 5.60 Å². The number of amides is 1. The van der Waals surface area contributed by atoms with Crippen molar-refractivity contribution in [2.75, 3.05) is 13.2 Å². The van der Waals surface area contributed by atoms with Gasteiger partial charge in [0, 0.05) is 6.20 Å². The first-order chi connectivity index (χ1) is 10.8. The summed E-state index contributed by atoms with van der Waals surface area (Å²) in [6.07, 6.45) is 3.63. The molecule has 1 aromatic rings. The van der Waals surface area contributed by atoms with Crippen LogP contribution in [0.25, 0.3) is 5.57 Å². The Hall–Kier alpha value is -1.95. The number of halogens is 1. The van der Waals surface area contributed by atoms with Crippen LogP contribution in [0, 0.1) is 5.82 Å². The Labute approximate surface area is 135 Å². The van der Waals surface area contributed by atoms with Gasteiger partial charge in [0.15, 0.2) is 0 Å². The molecule has 2 bridgehead atoms. The third-order valence-electron chi connectivity index (χ3n) is 3.85. The molecule has 0 aliphatic carbocycles. The van der Waals surface area contributed by atoms with Crippen LogP contribution in [0.5, 0.6) is 0 Å². The van der Waals surface area contributed by atoms with Gasteiger partial charge in [-0.15, -0.1) is 0 Å². The lowest BCUT2D eigenvalue weighted by Gasteiger charge is -2.44. The van der Waals surface area contributed by atoms with Crippen molar-refractivity contribution in [1.29, 1.82) is 0 Å². The molecule has 1 aromatic heterocycles. The first-order valence-corrected chi connectivity index (χ1v) is 7.75. The fourth-order valence-corrected chi connectivity index (χ4v) is 2.97. The normalized spacial score (nSPS) is 24.2. The number of fused-ring (bicyclic) bond motifs is 2. The Kier molecular flexibility index (Phi) is 4.10. The molecule has 1 fully saturated rings. The zero-order valence-corrected chi connectivity index (χ0v) is 13.6. The minimum Gasteiger partial charge on any atom is -0.444 e. The summed E-state index contributed by atoms with van der Waals surface area (Å²) in [4.78, 5) is 18.4. The van der Waals surface area contributed by atoms with E-state index in [1.165, 1.54) is 18.3 Å². The molecule has 0 spiro atoms. The molecule has 2 aliphatic heterocycles. The van der Waals surface area contributed by atoms with Crippen molar-refractivity contribution in [3.63, 3.8) is 0 Å². The van der Waals surface area contributed by atoms with Gasteiger partial charge in [-0.25, -0.2) is 9.18 Å². The Morgan fingerprint density at radius 2 is 2.22 bits per heavy atom. The molecular formula is C17H21FN2O3. The summed E-state index contributed by atoms with van der Waals surface area (Å²) in [5, 5.41) is 0. The number of pyridine rings is 1. The van der Waals surface area contributed by atoms with Crippen LogP contribution >= 0.6 is 0 Å². The number of hydrogen-bond acceptors (Lipinski definition) is 4. The molecule has 23 heavy (non-hydrogen) atoms. The number of aromatic nitrogens is 1. The minimum atomic E-state index is -0.541. The second-order valence-electron chi connectivity index (χ2n) is 6.90. The summed E-state index contributed by atoms with van der Waals surface area (Å²) in [5.74, 6) is -0.313. The number of ether oxygens (including phenoxy) is 2. The smallest absolute Gasteiger partial charge is 0.411 e. The summed E-state index contributed by atoms with van der Waals surface area (Å²) in [7, 11) is 0. The molecule has 1 saturated heterocycles. The van der Waals surface area contributed by atoms with Crippen molar-refractivity contribution in [2.45, 2.75) is 44.9 Å². The average Bonchev–Trinajstić information content (AvgIpc) is 2.44. The van der Waals surface area contributed by atoms with E-state index in [9.17, 15) is 9.18 Å². The lowest BCUT2D eigenvalue weighted by molar-refractivity contribution is -0.0511.